The Labute approximate surface area is 171 Å². The third-order valence-corrected chi connectivity index (χ3v) is 4.87. The summed E-state index contributed by atoms with van der Waals surface area (Å²) in [7, 11) is 0. The molecule has 3 aromatic carbocycles. The van der Waals surface area contributed by atoms with E-state index in [4.69, 9.17) is 0 Å². The van der Waals surface area contributed by atoms with Gasteiger partial charge in [0, 0.05) is 29.1 Å². The Morgan fingerprint density at radius 2 is 1.52 bits per heavy atom. The molecule has 1 heterocycles. The van der Waals surface area contributed by atoms with Crippen molar-refractivity contribution in [1.82, 2.24) is 0 Å². The normalized spacial score (nSPS) is 14.5. The van der Waals surface area contributed by atoms with Gasteiger partial charge in [-0.2, -0.15) is 0 Å². The van der Waals surface area contributed by atoms with Crippen LogP contribution < -0.4 is 20.9 Å². The predicted molar refractivity (Wildman–Crippen MR) is 121 cm³/mol. The van der Waals surface area contributed by atoms with Gasteiger partial charge in [-0.25, -0.2) is 0 Å². The van der Waals surface area contributed by atoms with Crippen molar-refractivity contribution < 1.29 is 4.79 Å². The molecule has 0 saturated carbocycles. The zero-order chi connectivity index (χ0) is 20.3. The van der Waals surface area contributed by atoms with Crippen LogP contribution in [0.5, 0.6) is 0 Å². The third kappa shape index (κ3) is 4.69. The molecule has 5 nitrogen and oxygen atoms in total. The quantitative estimate of drug-likeness (QED) is 0.572. The van der Waals surface area contributed by atoms with E-state index in [-0.39, 0.29) is 11.4 Å². The summed E-state index contributed by atoms with van der Waals surface area (Å²) in [4.78, 5) is 14.8. The van der Waals surface area contributed by atoms with Crippen LogP contribution in [-0.2, 0) is 4.79 Å². The highest BCUT2D eigenvalue weighted by Crippen LogP contribution is 2.33. The highest BCUT2D eigenvalue weighted by molar-refractivity contribution is 5.95. The zero-order valence-electron chi connectivity index (χ0n) is 16.8. The van der Waals surface area contributed by atoms with E-state index in [1.54, 1.807) is 0 Å². The first-order valence-corrected chi connectivity index (χ1v) is 9.83. The largest absolute Gasteiger partial charge is 0.377 e. The summed E-state index contributed by atoms with van der Waals surface area (Å²) in [5, 5.41) is 9.89. The van der Waals surface area contributed by atoms with Crippen molar-refractivity contribution in [3.63, 3.8) is 0 Å². The molecule has 0 aliphatic carbocycles. The molecule has 148 valence electrons. The second-order valence-corrected chi connectivity index (χ2v) is 8.00. The van der Waals surface area contributed by atoms with E-state index in [1.807, 2.05) is 66.7 Å². The number of nitrogens with zero attached hydrogens (tertiary/aromatic N) is 1. The van der Waals surface area contributed by atoms with E-state index >= 15 is 0 Å². The van der Waals surface area contributed by atoms with Gasteiger partial charge in [-0.3, -0.25) is 4.79 Å². The Bertz CT molecular complexity index is 983. The molecule has 0 radical (unpaired) electrons. The Kier molecular flexibility index (Phi) is 5.12. The Balaban J connectivity index is 1.40. The first-order valence-electron chi connectivity index (χ1n) is 9.83. The average molecular weight is 386 g/mol. The van der Waals surface area contributed by atoms with Crippen LogP contribution >= 0.6 is 0 Å². The molecule has 0 unspecified atom stereocenters. The molecule has 4 rings (SSSR count). The third-order valence-electron chi connectivity index (χ3n) is 4.87. The fraction of sp³-hybridized carbons (Fsp3) is 0.208. The number of hydrogen-bond donors (Lipinski definition) is 3. The number of carbonyl (C=O) groups excluding carboxylic acids is 1. The van der Waals surface area contributed by atoms with E-state index in [2.05, 4.69) is 46.8 Å². The molecule has 0 saturated heterocycles. The van der Waals surface area contributed by atoms with Crippen LogP contribution in [-0.4, -0.2) is 24.5 Å². The van der Waals surface area contributed by atoms with E-state index < -0.39 is 0 Å². The van der Waals surface area contributed by atoms with E-state index in [1.165, 1.54) is 0 Å². The number of nitrogens with one attached hydrogen (secondary N) is 3. The van der Waals surface area contributed by atoms with Crippen molar-refractivity contribution in [2.75, 3.05) is 33.9 Å². The molecule has 3 N–H and O–H groups in total. The Morgan fingerprint density at radius 3 is 2.28 bits per heavy atom. The van der Waals surface area contributed by atoms with Gasteiger partial charge in [0.25, 0.3) is 0 Å². The standard InChI is InChI=1S/C24H26N4O/c1-24(2)17-28(22-11-7-6-10-21(22)27-24)16-23(29)26-20-14-12-19(13-15-20)25-18-8-4-3-5-9-18/h3-15,25,27H,16-17H2,1-2H3,(H,26,29). The van der Waals surface area contributed by atoms with E-state index in [9.17, 15) is 4.79 Å². The van der Waals surface area contributed by atoms with Gasteiger partial charge in [-0.05, 0) is 62.4 Å². The minimum absolute atomic E-state index is 0.0266. The number of amides is 1. The molecule has 0 aromatic heterocycles. The molecular weight excluding hydrogens is 360 g/mol. The molecule has 0 fully saturated rings. The van der Waals surface area contributed by atoms with Gasteiger partial charge >= 0.3 is 0 Å². The topological polar surface area (TPSA) is 56.4 Å². The van der Waals surface area contributed by atoms with Crippen LogP contribution in [0.15, 0.2) is 78.9 Å². The van der Waals surface area contributed by atoms with Crippen LogP contribution in [0.25, 0.3) is 0 Å². The fourth-order valence-electron chi connectivity index (χ4n) is 3.66. The van der Waals surface area contributed by atoms with Crippen molar-refractivity contribution in [2.24, 2.45) is 0 Å². The molecule has 3 aromatic rings. The van der Waals surface area contributed by atoms with Gasteiger partial charge in [-0.1, -0.05) is 30.3 Å². The highest BCUT2D eigenvalue weighted by atomic mass is 16.2. The van der Waals surface area contributed by atoms with Crippen LogP contribution in [0.4, 0.5) is 28.4 Å². The molecule has 0 bridgehead atoms. The molecular formula is C24H26N4O. The van der Waals surface area contributed by atoms with Crippen molar-refractivity contribution in [2.45, 2.75) is 19.4 Å². The minimum atomic E-state index is -0.0978. The number of anilines is 5. The number of carbonyl (C=O) groups is 1. The summed E-state index contributed by atoms with van der Waals surface area (Å²) >= 11 is 0. The molecule has 1 aliphatic rings. The van der Waals surface area contributed by atoms with Crippen molar-refractivity contribution in [3.8, 4) is 0 Å². The van der Waals surface area contributed by atoms with Crippen molar-refractivity contribution in [3.05, 3.63) is 78.9 Å². The number of hydrogen-bond acceptors (Lipinski definition) is 4. The lowest BCUT2D eigenvalue weighted by Crippen LogP contribution is -2.50. The van der Waals surface area contributed by atoms with Gasteiger partial charge in [0.15, 0.2) is 0 Å². The van der Waals surface area contributed by atoms with Crippen LogP contribution in [0.3, 0.4) is 0 Å². The molecule has 0 atom stereocenters. The Hall–Kier alpha value is -3.47. The number of rotatable bonds is 5. The lowest BCUT2D eigenvalue weighted by atomic mass is 9.99. The molecule has 1 aliphatic heterocycles. The summed E-state index contributed by atoms with van der Waals surface area (Å²) in [6.45, 7) is 5.36. The van der Waals surface area contributed by atoms with Gasteiger partial charge in [0.05, 0.1) is 17.9 Å². The summed E-state index contributed by atoms with van der Waals surface area (Å²) < 4.78 is 0. The number of benzene rings is 3. The molecule has 0 spiro atoms. The summed E-state index contributed by atoms with van der Waals surface area (Å²) in [5.74, 6) is -0.0266. The number of fused-ring (bicyclic) bond motifs is 1. The van der Waals surface area contributed by atoms with E-state index in [0.29, 0.717) is 6.54 Å². The van der Waals surface area contributed by atoms with Crippen molar-refractivity contribution >= 4 is 34.3 Å². The first-order chi connectivity index (χ1) is 14.0. The summed E-state index contributed by atoms with van der Waals surface area (Å²) in [5.41, 5.74) is 4.82. The SMILES string of the molecule is CC1(C)CN(CC(=O)Nc2ccc(Nc3ccccc3)cc2)c2ccccc2N1. The maximum Gasteiger partial charge on any atom is 0.243 e. The van der Waals surface area contributed by atoms with E-state index in [0.717, 1.165) is 35.0 Å². The number of para-hydroxylation sites is 3. The van der Waals surface area contributed by atoms with Gasteiger partial charge < -0.3 is 20.9 Å². The predicted octanol–water partition coefficient (Wildman–Crippen LogP) is 5.08. The highest BCUT2D eigenvalue weighted by Gasteiger charge is 2.30. The zero-order valence-corrected chi connectivity index (χ0v) is 16.8. The monoisotopic (exact) mass is 386 g/mol. The maximum absolute atomic E-state index is 12.7. The molecule has 29 heavy (non-hydrogen) atoms. The van der Waals surface area contributed by atoms with Gasteiger partial charge in [-0.15, -0.1) is 0 Å². The minimum Gasteiger partial charge on any atom is -0.377 e. The molecule has 1 amide bonds. The fourth-order valence-corrected chi connectivity index (χ4v) is 3.66. The maximum atomic E-state index is 12.7. The Morgan fingerprint density at radius 1 is 0.897 bits per heavy atom. The lowest BCUT2D eigenvalue weighted by molar-refractivity contribution is -0.115. The van der Waals surface area contributed by atoms with Gasteiger partial charge in [0.1, 0.15) is 0 Å². The van der Waals surface area contributed by atoms with Crippen LogP contribution in [0, 0.1) is 0 Å². The van der Waals surface area contributed by atoms with Crippen LogP contribution in [0.1, 0.15) is 13.8 Å². The van der Waals surface area contributed by atoms with Gasteiger partial charge in [0.2, 0.25) is 5.91 Å². The first kappa shape index (κ1) is 18.9. The second kappa shape index (κ2) is 7.87. The molecule has 5 heteroatoms. The second-order valence-electron chi connectivity index (χ2n) is 8.00. The summed E-state index contributed by atoms with van der Waals surface area (Å²) in [6, 6.07) is 25.9. The smallest absolute Gasteiger partial charge is 0.243 e. The lowest BCUT2D eigenvalue weighted by Gasteiger charge is -2.41. The van der Waals surface area contributed by atoms with Crippen molar-refractivity contribution in [1.29, 1.82) is 0 Å². The average Bonchev–Trinajstić information content (AvgIpc) is 2.69. The van der Waals surface area contributed by atoms with Crippen LogP contribution in [0.2, 0.25) is 0 Å². The summed E-state index contributed by atoms with van der Waals surface area (Å²) in [6.07, 6.45) is 0.